The zero-order valence-corrected chi connectivity index (χ0v) is 16.3. The van der Waals surface area contributed by atoms with Crippen molar-refractivity contribution in [2.75, 3.05) is 26.2 Å². The zero-order valence-electron chi connectivity index (χ0n) is 16.3. The maximum atomic E-state index is 12.9. The number of hydrogen-bond donors (Lipinski definition) is 0. The van der Waals surface area contributed by atoms with Gasteiger partial charge in [-0.15, -0.1) is 0 Å². The molecule has 0 spiro atoms. The SMILES string of the molecule is O=C(c1ccc(=O)n(Cc2ccccc2)n1)N1CCN(Cc2ccccc2)CC1. The molecule has 2 heterocycles. The van der Waals surface area contributed by atoms with E-state index in [1.54, 1.807) is 0 Å². The number of carbonyl (C=O) groups is 1. The number of piperazine rings is 1. The van der Waals surface area contributed by atoms with E-state index in [1.807, 2.05) is 53.4 Å². The summed E-state index contributed by atoms with van der Waals surface area (Å²) in [6, 6.07) is 23.0. The van der Waals surface area contributed by atoms with Crippen LogP contribution in [0.5, 0.6) is 0 Å². The highest BCUT2D eigenvalue weighted by Crippen LogP contribution is 2.10. The van der Waals surface area contributed by atoms with Gasteiger partial charge in [0.15, 0.2) is 0 Å². The molecule has 29 heavy (non-hydrogen) atoms. The van der Waals surface area contributed by atoms with Gasteiger partial charge in [0.05, 0.1) is 6.54 Å². The third kappa shape index (κ3) is 4.78. The van der Waals surface area contributed by atoms with Gasteiger partial charge >= 0.3 is 0 Å². The van der Waals surface area contributed by atoms with Crippen LogP contribution in [0.1, 0.15) is 21.6 Å². The Balaban J connectivity index is 1.40. The number of nitrogens with zero attached hydrogens (tertiary/aromatic N) is 4. The van der Waals surface area contributed by atoms with Crippen LogP contribution in [0.3, 0.4) is 0 Å². The Morgan fingerprint density at radius 2 is 1.34 bits per heavy atom. The Hall–Kier alpha value is -3.25. The smallest absolute Gasteiger partial charge is 0.274 e. The minimum atomic E-state index is -0.210. The molecule has 1 aliphatic rings. The highest BCUT2D eigenvalue weighted by Gasteiger charge is 2.23. The largest absolute Gasteiger partial charge is 0.335 e. The van der Waals surface area contributed by atoms with Crippen molar-refractivity contribution in [1.29, 1.82) is 0 Å². The van der Waals surface area contributed by atoms with Gasteiger partial charge in [-0.05, 0) is 17.2 Å². The Morgan fingerprint density at radius 1 is 0.759 bits per heavy atom. The van der Waals surface area contributed by atoms with Gasteiger partial charge in [-0.3, -0.25) is 14.5 Å². The lowest BCUT2D eigenvalue weighted by Gasteiger charge is -2.34. The third-order valence-corrected chi connectivity index (χ3v) is 5.17. The van der Waals surface area contributed by atoms with Crippen LogP contribution in [0.15, 0.2) is 77.6 Å². The summed E-state index contributed by atoms with van der Waals surface area (Å²) in [7, 11) is 0. The minimum Gasteiger partial charge on any atom is -0.335 e. The van der Waals surface area contributed by atoms with Crippen molar-refractivity contribution in [2.45, 2.75) is 13.1 Å². The van der Waals surface area contributed by atoms with Crippen molar-refractivity contribution < 1.29 is 4.79 Å². The van der Waals surface area contributed by atoms with Crippen molar-refractivity contribution in [3.8, 4) is 0 Å². The molecule has 1 aliphatic heterocycles. The minimum absolute atomic E-state index is 0.119. The van der Waals surface area contributed by atoms with E-state index < -0.39 is 0 Å². The third-order valence-electron chi connectivity index (χ3n) is 5.17. The first-order valence-corrected chi connectivity index (χ1v) is 9.87. The molecule has 6 nitrogen and oxygen atoms in total. The molecule has 0 N–H and O–H groups in total. The van der Waals surface area contributed by atoms with Crippen molar-refractivity contribution in [1.82, 2.24) is 19.6 Å². The summed E-state index contributed by atoms with van der Waals surface area (Å²) in [6.07, 6.45) is 0. The molecule has 1 fully saturated rings. The summed E-state index contributed by atoms with van der Waals surface area (Å²) in [5, 5.41) is 4.33. The van der Waals surface area contributed by atoms with Crippen molar-refractivity contribution in [2.24, 2.45) is 0 Å². The van der Waals surface area contributed by atoms with E-state index in [0.29, 0.717) is 25.3 Å². The molecule has 0 unspecified atom stereocenters. The van der Waals surface area contributed by atoms with E-state index in [9.17, 15) is 9.59 Å². The van der Waals surface area contributed by atoms with E-state index in [1.165, 1.54) is 22.4 Å². The summed E-state index contributed by atoms with van der Waals surface area (Å²) >= 11 is 0. The van der Waals surface area contributed by atoms with Crippen LogP contribution in [-0.4, -0.2) is 51.7 Å². The van der Waals surface area contributed by atoms with Gasteiger partial charge in [-0.25, -0.2) is 4.68 Å². The molecular weight excluding hydrogens is 364 g/mol. The molecule has 1 aromatic heterocycles. The van der Waals surface area contributed by atoms with Crippen LogP contribution >= 0.6 is 0 Å². The molecular formula is C23H24N4O2. The van der Waals surface area contributed by atoms with Gasteiger partial charge in [0.1, 0.15) is 5.69 Å². The number of hydrogen-bond acceptors (Lipinski definition) is 4. The van der Waals surface area contributed by atoms with Crippen LogP contribution < -0.4 is 5.56 Å². The van der Waals surface area contributed by atoms with Crippen molar-refractivity contribution in [3.63, 3.8) is 0 Å². The second-order valence-corrected chi connectivity index (χ2v) is 7.25. The van der Waals surface area contributed by atoms with Gasteiger partial charge in [0.25, 0.3) is 11.5 Å². The second kappa shape index (κ2) is 8.84. The predicted octanol–water partition coefficient (Wildman–Crippen LogP) is 2.25. The standard InChI is InChI=1S/C23H24N4O2/c28-22-12-11-21(24-27(22)18-20-9-5-2-6-10-20)23(29)26-15-13-25(14-16-26)17-19-7-3-1-4-8-19/h1-12H,13-18H2. The molecule has 0 saturated carbocycles. The van der Waals surface area contributed by atoms with E-state index in [0.717, 1.165) is 25.2 Å². The summed E-state index contributed by atoms with van der Waals surface area (Å²) in [4.78, 5) is 29.2. The molecule has 0 aliphatic carbocycles. The van der Waals surface area contributed by atoms with Gasteiger partial charge in [0.2, 0.25) is 0 Å². The Morgan fingerprint density at radius 3 is 1.97 bits per heavy atom. The lowest BCUT2D eigenvalue weighted by atomic mass is 10.2. The maximum absolute atomic E-state index is 12.9. The molecule has 3 aromatic rings. The molecule has 4 rings (SSSR count). The van der Waals surface area contributed by atoms with Crippen LogP contribution in [0, 0.1) is 0 Å². The summed E-state index contributed by atoms with van der Waals surface area (Å²) in [5.41, 5.74) is 2.36. The molecule has 0 radical (unpaired) electrons. The lowest BCUT2D eigenvalue weighted by molar-refractivity contribution is 0.0620. The summed E-state index contributed by atoms with van der Waals surface area (Å²) in [6.45, 7) is 4.21. The fraction of sp³-hybridized carbons (Fsp3) is 0.261. The fourth-order valence-corrected chi connectivity index (χ4v) is 3.55. The van der Waals surface area contributed by atoms with Gasteiger partial charge in [0, 0.05) is 38.8 Å². The zero-order chi connectivity index (χ0) is 20.1. The van der Waals surface area contributed by atoms with Gasteiger partial charge < -0.3 is 4.90 Å². The number of amides is 1. The van der Waals surface area contributed by atoms with E-state index in [2.05, 4.69) is 22.1 Å². The van der Waals surface area contributed by atoms with E-state index >= 15 is 0 Å². The lowest BCUT2D eigenvalue weighted by Crippen LogP contribution is -2.48. The number of aromatic nitrogens is 2. The first-order chi connectivity index (χ1) is 14.2. The van der Waals surface area contributed by atoms with Crippen LogP contribution in [0.4, 0.5) is 0 Å². The van der Waals surface area contributed by atoms with E-state index in [-0.39, 0.29) is 11.5 Å². The second-order valence-electron chi connectivity index (χ2n) is 7.25. The van der Waals surface area contributed by atoms with Crippen LogP contribution in [0.25, 0.3) is 0 Å². The highest BCUT2D eigenvalue weighted by molar-refractivity contribution is 5.92. The highest BCUT2D eigenvalue weighted by atomic mass is 16.2. The van der Waals surface area contributed by atoms with Crippen LogP contribution in [0.2, 0.25) is 0 Å². The predicted molar refractivity (Wildman–Crippen MR) is 112 cm³/mol. The molecule has 6 heteroatoms. The van der Waals surface area contributed by atoms with Gasteiger partial charge in [-0.2, -0.15) is 5.10 Å². The number of rotatable bonds is 5. The summed E-state index contributed by atoms with van der Waals surface area (Å²) < 4.78 is 1.36. The molecule has 0 bridgehead atoms. The van der Waals surface area contributed by atoms with Crippen LogP contribution in [-0.2, 0) is 13.1 Å². The first-order valence-electron chi connectivity index (χ1n) is 9.87. The maximum Gasteiger partial charge on any atom is 0.274 e. The molecule has 1 amide bonds. The Labute approximate surface area is 170 Å². The monoisotopic (exact) mass is 388 g/mol. The number of carbonyl (C=O) groups excluding carboxylic acids is 1. The average Bonchev–Trinajstić information content (AvgIpc) is 2.77. The van der Waals surface area contributed by atoms with E-state index in [4.69, 9.17) is 0 Å². The molecule has 1 saturated heterocycles. The quantitative estimate of drug-likeness (QED) is 0.673. The first kappa shape index (κ1) is 19.1. The number of benzene rings is 2. The van der Waals surface area contributed by atoms with Crippen molar-refractivity contribution in [3.05, 3.63) is 100.0 Å². The van der Waals surface area contributed by atoms with Gasteiger partial charge in [-0.1, -0.05) is 60.7 Å². The normalized spacial score (nSPS) is 14.7. The topological polar surface area (TPSA) is 58.4 Å². The molecule has 2 aromatic carbocycles. The fourth-order valence-electron chi connectivity index (χ4n) is 3.55. The van der Waals surface area contributed by atoms with Crippen molar-refractivity contribution >= 4 is 5.91 Å². The molecule has 148 valence electrons. The Bertz CT molecular complexity index is 1010. The average molecular weight is 388 g/mol. The molecule has 0 atom stereocenters. The summed E-state index contributed by atoms with van der Waals surface area (Å²) in [5.74, 6) is -0.119. The Kier molecular flexibility index (Phi) is 5.81.